The number of urea groups is 1. The van der Waals surface area contributed by atoms with Gasteiger partial charge in [0.15, 0.2) is 5.78 Å². The van der Waals surface area contributed by atoms with Crippen LogP contribution in [0.25, 0.3) is 0 Å². The highest BCUT2D eigenvalue weighted by atomic mass is 32.1. The molecule has 1 aromatic heterocycles. The maximum atomic E-state index is 11.8. The van der Waals surface area contributed by atoms with Crippen LogP contribution in [0.15, 0.2) is 30.3 Å². The van der Waals surface area contributed by atoms with Crippen LogP contribution in [0.5, 0.6) is 0 Å². The van der Waals surface area contributed by atoms with Gasteiger partial charge in [0.05, 0.1) is 4.88 Å². The fourth-order valence-corrected chi connectivity index (χ4v) is 2.90. The van der Waals surface area contributed by atoms with Crippen LogP contribution in [-0.4, -0.2) is 18.4 Å². The minimum absolute atomic E-state index is 0.0803. The molecule has 116 valence electrons. The number of anilines is 1. The number of nitrogens with one attached hydrogen (secondary N) is 2. The summed E-state index contributed by atoms with van der Waals surface area (Å²) in [5.41, 5.74) is 3.13. The summed E-state index contributed by atoms with van der Waals surface area (Å²) < 4.78 is 0. The Morgan fingerprint density at radius 1 is 1.09 bits per heavy atom. The Morgan fingerprint density at radius 3 is 2.50 bits per heavy atom. The quantitative estimate of drug-likeness (QED) is 0.821. The highest BCUT2D eigenvalue weighted by Gasteiger charge is 2.06. The second-order valence-corrected chi connectivity index (χ2v) is 6.42. The number of aryl methyl sites for hydroxylation is 2. The lowest BCUT2D eigenvalue weighted by Gasteiger charge is -2.09. The number of thiophene rings is 1. The molecule has 0 fully saturated rings. The highest BCUT2D eigenvalue weighted by Crippen LogP contribution is 2.17. The zero-order valence-electron chi connectivity index (χ0n) is 13.0. The van der Waals surface area contributed by atoms with Crippen molar-refractivity contribution in [3.05, 3.63) is 51.2 Å². The molecule has 0 aliphatic carbocycles. The second kappa shape index (κ2) is 7.22. The summed E-state index contributed by atoms with van der Waals surface area (Å²) >= 11 is 1.48. The maximum Gasteiger partial charge on any atom is 0.319 e. The number of carbonyl (C=O) groups excluding carboxylic acids is 2. The standard InChI is InChI=1S/C17H20N2O2S/c1-11-4-5-14(10-12(11)2)19-17(21)18-9-8-15-6-7-16(22-15)13(3)20/h4-7,10H,8-9H2,1-3H3,(H2,18,19,21). The molecular formula is C17H20N2O2S. The Balaban J connectivity index is 1.79. The van der Waals surface area contributed by atoms with Gasteiger partial charge in [-0.25, -0.2) is 4.79 Å². The molecule has 0 bridgehead atoms. The number of hydrogen-bond donors (Lipinski definition) is 2. The van der Waals surface area contributed by atoms with E-state index in [0.29, 0.717) is 6.54 Å². The van der Waals surface area contributed by atoms with Gasteiger partial charge in [0.25, 0.3) is 0 Å². The van der Waals surface area contributed by atoms with Gasteiger partial charge in [-0.15, -0.1) is 11.3 Å². The predicted octanol–water partition coefficient (Wildman–Crippen LogP) is 3.93. The maximum absolute atomic E-state index is 11.8. The summed E-state index contributed by atoms with van der Waals surface area (Å²) in [5.74, 6) is 0.0803. The molecule has 0 aliphatic rings. The molecule has 5 heteroatoms. The van der Waals surface area contributed by atoms with Crippen molar-refractivity contribution >= 4 is 28.8 Å². The molecule has 2 rings (SSSR count). The fraction of sp³-hybridized carbons (Fsp3) is 0.294. The normalized spacial score (nSPS) is 10.3. The van der Waals surface area contributed by atoms with Crippen molar-refractivity contribution in [2.24, 2.45) is 0 Å². The van der Waals surface area contributed by atoms with Gasteiger partial charge in [-0.2, -0.15) is 0 Å². The second-order valence-electron chi connectivity index (χ2n) is 5.25. The molecule has 0 spiro atoms. The molecule has 0 saturated heterocycles. The van der Waals surface area contributed by atoms with Crippen LogP contribution >= 0.6 is 11.3 Å². The lowest BCUT2D eigenvalue weighted by atomic mass is 10.1. The average Bonchev–Trinajstić information content (AvgIpc) is 2.92. The van der Waals surface area contributed by atoms with E-state index in [4.69, 9.17) is 0 Å². The molecule has 0 saturated carbocycles. The Morgan fingerprint density at radius 2 is 1.86 bits per heavy atom. The molecule has 0 aliphatic heterocycles. The first-order chi connectivity index (χ1) is 10.5. The van der Waals surface area contributed by atoms with E-state index >= 15 is 0 Å². The van der Waals surface area contributed by atoms with E-state index in [1.165, 1.54) is 16.9 Å². The minimum Gasteiger partial charge on any atom is -0.338 e. The zero-order chi connectivity index (χ0) is 16.1. The number of amides is 2. The SMILES string of the molecule is CC(=O)c1ccc(CCNC(=O)Nc2ccc(C)c(C)c2)s1. The predicted molar refractivity (Wildman–Crippen MR) is 91.0 cm³/mol. The third-order valence-electron chi connectivity index (χ3n) is 3.43. The summed E-state index contributed by atoms with van der Waals surface area (Å²) in [4.78, 5) is 24.9. The molecule has 4 nitrogen and oxygen atoms in total. The largest absolute Gasteiger partial charge is 0.338 e. The molecule has 0 radical (unpaired) electrons. The van der Waals surface area contributed by atoms with Crippen LogP contribution in [0.3, 0.4) is 0 Å². The molecule has 2 amide bonds. The van der Waals surface area contributed by atoms with Crippen molar-refractivity contribution in [1.82, 2.24) is 5.32 Å². The van der Waals surface area contributed by atoms with E-state index in [9.17, 15) is 9.59 Å². The molecule has 0 unspecified atom stereocenters. The molecular weight excluding hydrogens is 296 g/mol. The third-order valence-corrected chi connectivity index (χ3v) is 4.68. The van der Waals surface area contributed by atoms with Gasteiger partial charge in [0.1, 0.15) is 0 Å². The van der Waals surface area contributed by atoms with Crippen LogP contribution in [-0.2, 0) is 6.42 Å². The van der Waals surface area contributed by atoms with Gasteiger partial charge >= 0.3 is 6.03 Å². The van der Waals surface area contributed by atoms with Crippen LogP contribution in [0, 0.1) is 13.8 Å². The Kier molecular flexibility index (Phi) is 5.33. The van der Waals surface area contributed by atoms with Gasteiger partial charge in [0.2, 0.25) is 0 Å². The van der Waals surface area contributed by atoms with E-state index in [1.807, 2.05) is 44.2 Å². The first-order valence-electron chi connectivity index (χ1n) is 7.17. The summed E-state index contributed by atoms with van der Waals surface area (Å²) in [7, 11) is 0. The summed E-state index contributed by atoms with van der Waals surface area (Å²) in [6.45, 7) is 6.15. The van der Waals surface area contributed by atoms with Crippen LogP contribution in [0.1, 0.15) is 32.6 Å². The van der Waals surface area contributed by atoms with Crippen molar-refractivity contribution in [3.8, 4) is 0 Å². The lowest BCUT2D eigenvalue weighted by Crippen LogP contribution is -2.30. The van der Waals surface area contributed by atoms with Crippen molar-refractivity contribution < 1.29 is 9.59 Å². The summed E-state index contributed by atoms with van der Waals surface area (Å²) in [6, 6.07) is 9.38. The monoisotopic (exact) mass is 316 g/mol. The van der Waals surface area contributed by atoms with Gasteiger partial charge in [-0.05, 0) is 62.6 Å². The summed E-state index contributed by atoms with van der Waals surface area (Å²) in [6.07, 6.45) is 0.721. The molecule has 1 aromatic carbocycles. The number of rotatable bonds is 5. The number of ketones is 1. The van der Waals surface area contributed by atoms with E-state index < -0.39 is 0 Å². The average molecular weight is 316 g/mol. The van der Waals surface area contributed by atoms with E-state index in [1.54, 1.807) is 6.92 Å². The van der Waals surface area contributed by atoms with Crippen LogP contribution in [0.4, 0.5) is 10.5 Å². The van der Waals surface area contributed by atoms with E-state index in [2.05, 4.69) is 10.6 Å². The van der Waals surface area contributed by atoms with Crippen molar-refractivity contribution in [2.75, 3.05) is 11.9 Å². The lowest BCUT2D eigenvalue weighted by molar-refractivity contribution is 0.102. The number of Topliss-reactive ketones (excluding diaryl/α,β-unsaturated/α-hetero) is 1. The Hall–Kier alpha value is -2.14. The van der Waals surface area contributed by atoms with Crippen LogP contribution in [0.2, 0.25) is 0 Å². The van der Waals surface area contributed by atoms with Crippen molar-refractivity contribution in [2.45, 2.75) is 27.2 Å². The van der Waals surface area contributed by atoms with Crippen LogP contribution < -0.4 is 10.6 Å². The molecule has 2 N–H and O–H groups in total. The smallest absolute Gasteiger partial charge is 0.319 e. The van der Waals surface area contributed by atoms with Gasteiger partial charge < -0.3 is 10.6 Å². The topological polar surface area (TPSA) is 58.2 Å². The number of hydrogen-bond acceptors (Lipinski definition) is 3. The third kappa shape index (κ3) is 4.43. The summed E-state index contributed by atoms with van der Waals surface area (Å²) in [5, 5.41) is 5.64. The Bertz CT molecular complexity index is 692. The molecule has 0 atom stereocenters. The van der Waals surface area contributed by atoms with Crippen molar-refractivity contribution in [3.63, 3.8) is 0 Å². The van der Waals surface area contributed by atoms with E-state index in [-0.39, 0.29) is 11.8 Å². The van der Waals surface area contributed by atoms with Gasteiger partial charge in [-0.1, -0.05) is 6.07 Å². The number of carbonyl (C=O) groups is 2. The Labute approximate surface area is 134 Å². The molecule has 1 heterocycles. The molecule has 2 aromatic rings. The molecule has 22 heavy (non-hydrogen) atoms. The first-order valence-corrected chi connectivity index (χ1v) is 7.99. The fourth-order valence-electron chi connectivity index (χ4n) is 2.00. The van der Waals surface area contributed by atoms with Gasteiger partial charge in [-0.3, -0.25) is 4.79 Å². The minimum atomic E-state index is -0.216. The number of benzene rings is 1. The van der Waals surface area contributed by atoms with Crippen molar-refractivity contribution in [1.29, 1.82) is 0 Å². The van der Waals surface area contributed by atoms with Gasteiger partial charge in [0, 0.05) is 17.1 Å². The zero-order valence-corrected chi connectivity index (χ0v) is 13.8. The highest BCUT2D eigenvalue weighted by molar-refractivity contribution is 7.14. The first kappa shape index (κ1) is 16.2. The van der Waals surface area contributed by atoms with E-state index in [0.717, 1.165) is 27.4 Å².